The van der Waals surface area contributed by atoms with Gasteiger partial charge in [-0.25, -0.2) is 8.42 Å². The van der Waals surface area contributed by atoms with E-state index in [9.17, 15) is 8.42 Å². The first-order valence-electron chi connectivity index (χ1n) is 9.02. The Morgan fingerprint density at radius 1 is 1.35 bits per heavy atom. The third-order valence-corrected chi connectivity index (χ3v) is 6.94. The summed E-state index contributed by atoms with van der Waals surface area (Å²) >= 11 is 0. The summed E-state index contributed by atoms with van der Waals surface area (Å²) in [5.74, 6) is 0.726. The molecule has 3 heterocycles. The fourth-order valence-electron chi connectivity index (χ4n) is 3.55. The van der Waals surface area contributed by atoms with Crippen LogP contribution < -0.4 is 5.32 Å². The SMILES string of the molecule is CN=C(NCC1CCCN1C)N1CCN(S(=O)(=O)Cc2ccon2)CC1. The molecular formula is C16H28N6O3S. The van der Waals surface area contributed by atoms with E-state index in [4.69, 9.17) is 4.52 Å². The lowest BCUT2D eigenvalue weighted by atomic mass is 10.2. The van der Waals surface area contributed by atoms with Crippen molar-refractivity contribution in [1.29, 1.82) is 0 Å². The maximum atomic E-state index is 12.5. The van der Waals surface area contributed by atoms with Crippen molar-refractivity contribution in [2.45, 2.75) is 24.6 Å². The molecule has 1 aromatic heterocycles. The van der Waals surface area contributed by atoms with Gasteiger partial charge in [0.05, 0.1) is 5.69 Å². The fraction of sp³-hybridized carbons (Fsp3) is 0.750. The molecule has 3 rings (SSSR count). The number of hydrogen-bond acceptors (Lipinski definition) is 6. The molecule has 9 nitrogen and oxygen atoms in total. The predicted octanol–water partition coefficient (Wildman–Crippen LogP) is -0.208. The molecule has 2 fully saturated rings. The van der Waals surface area contributed by atoms with E-state index in [-0.39, 0.29) is 5.75 Å². The summed E-state index contributed by atoms with van der Waals surface area (Å²) < 4.78 is 31.3. The molecule has 0 radical (unpaired) electrons. The van der Waals surface area contributed by atoms with Crippen LogP contribution in [0.3, 0.4) is 0 Å². The lowest BCUT2D eigenvalue weighted by molar-refractivity contribution is 0.255. The third kappa shape index (κ3) is 4.54. The van der Waals surface area contributed by atoms with Crippen molar-refractivity contribution in [2.24, 2.45) is 4.99 Å². The summed E-state index contributed by atoms with van der Waals surface area (Å²) in [4.78, 5) is 8.86. The average molecular weight is 385 g/mol. The van der Waals surface area contributed by atoms with Crippen molar-refractivity contribution in [2.75, 3.05) is 53.4 Å². The highest BCUT2D eigenvalue weighted by atomic mass is 32.2. The first-order chi connectivity index (χ1) is 12.5. The topological polar surface area (TPSA) is 94.3 Å². The zero-order valence-electron chi connectivity index (χ0n) is 15.5. The number of guanidine groups is 1. The molecule has 10 heteroatoms. The normalized spacial score (nSPS) is 23.5. The highest BCUT2D eigenvalue weighted by Gasteiger charge is 2.29. The zero-order valence-corrected chi connectivity index (χ0v) is 16.3. The van der Waals surface area contributed by atoms with Crippen LogP contribution in [0.15, 0.2) is 21.8 Å². The maximum Gasteiger partial charge on any atom is 0.220 e. The van der Waals surface area contributed by atoms with Gasteiger partial charge in [0.15, 0.2) is 5.96 Å². The Morgan fingerprint density at radius 2 is 2.12 bits per heavy atom. The molecule has 0 aliphatic carbocycles. The number of aliphatic imine (C=N–C) groups is 1. The van der Waals surface area contributed by atoms with E-state index < -0.39 is 10.0 Å². The molecule has 2 saturated heterocycles. The maximum absolute atomic E-state index is 12.5. The largest absolute Gasteiger partial charge is 0.364 e. The Kier molecular flexibility index (Phi) is 6.15. The minimum Gasteiger partial charge on any atom is -0.364 e. The van der Waals surface area contributed by atoms with Gasteiger partial charge in [-0.2, -0.15) is 4.31 Å². The lowest BCUT2D eigenvalue weighted by Crippen LogP contribution is -2.55. The van der Waals surface area contributed by atoms with Crippen LogP contribution in [0.2, 0.25) is 0 Å². The summed E-state index contributed by atoms with van der Waals surface area (Å²) in [5, 5.41) is 7.14. The van der Waals surface area contributed by atoms with Crippen LogP contribution in [0, 0.1) is 0 Å². The Labute approximate surface area is 155 Å². The zero-order chi connectivity index (χ0) is 18.6. The van der Waals surface area contributed by atoms with Gasteiger partial charge < -0.3 is 19.6 Å². The summed E-state index contributed by atoms with van der Waals surface area (Å²) in [6, 6.07) is 2.12. The minimum atomic E-state index is -3.38. The van der Waals surface area contributed by atoms with Crippen molar-refractivity contribution in [3.8, 4) is 0 Å². The number of likely N-dealkylation sites (N-methyl/N-ethyl adjacent to an activating group) is 1. The Morgan fingerprint density at radius 3 is 2.69 bits per heavy atom. The molecular weight excluding hydrogens is 356 g/mol. The van der Waals surface area contributed by atoms with Crippen LogP contribution in [0.25, 0.3) is 0 Å². The molecule has 0 bridgehead atoms. The van der Waals surface area contributed by atoms with E-state index in [0.717, 1.165) is 19.0 Å². The standard InChI is InChI=1S/C16H28N6O3S/c1-17-16(18-12-15-4-3-6-20(15)2)21-7-9-22(10-8-21)26(23,24)13-14-5-11-25-19-14/h5,11,15H,3-4,6-10,12-13H2,1-2H3,(H,17,18). The smallest absolute Gasteiger partial charge is 0.220 e. The molecule has 146 valence electrons. The van der Waals surface area contributed by atoms with Crippen LogP contribution in [0.1, 0.15) is 18.5 Å². The second kappa shape index (κ2) is 8.36. The van der Waals surface area contributed by atoms with Gasteiger partial charge in [-0.1, -0.05) is 5.16 Å². The van der Waals surface area contributed by atoms with Gasteiger partial charge in [-0.3, -0.25) is 4.99 Å². The minimum absolute atomic E-state index is 0.121. The van der Waals surface area contributed by atoms with E-state index >= 15 is 0 Å². The molecule has 2 aliphatic rings. The molecule has 0 aromatic carbocycles. The fourth-order valence-corrected chi connectivity index (χ4v) is 4.97. The van der Waals surface area contributed by atoms with Crippen molar-refractivity contribution < 1.29 is 12.9 Å². The molecule has 26 heavy (non-hydrogen) atoms. The average Bonchev–Trinajstić information content (AvgIpc) is 3.27. The van der Waals surface area contributed by atoms with Gasteiger partial charge in [0.2, 0.25) is 10.0 Å². The van der Waals surface area contributed by atoms with Gasteiger partial charge in [0.25, 0.3) is 0 Å². The highest BCUT2D eigenvalue weighted by molar-refractivity contribution is 7.88. The quantitative estimate of drug-likeness (QED) is 0.555. The number of nitrogens with zero attached hydrogens (tertiary/aromatic N) is 5. The molecule has 0 saturated carbocycles. The first kappa shape index (κ1) is 19.1. The summed E-state index contributed by atoms with van der Waals surface area (Å²) in [5.41, 5.74) is 0.436. The van der Waals surface area contributed by atoms with Crippen LogP contribution in [0.4, 0.5) is 0 Å². The van der Waals surface area contributed by atoms with E-state index in [1.54, 1.807) is 13.1 Å². The number of piperazine rings is 1. The number of hydrogen-bond donors (Lipinski definition) is 1. The first-order valence-corrected chi connectivity index (χ1v) is 10.6. The third-order valence-electron chi connectivity index (χ3n) is 5.13. The lowest BCUT2D eigenvalue weighted by Gasteiger charge is -2.36. The molecule has 2 aliphatic heterocycles. The highest BCUT2D eigenvalue weighted by Crippen LogP contribution is 2.15. The van der Waals surface area contributed by atoms with Gasteiger partial charge >= 0.3 is 0 Å². The van der Waals surface area contributed by atoms with E-state index in [1.807, 2.05) is 0 Å². The molecule has 1 unspecified atom stereocenters. The number of nitrogens with one attached hydrogen (secondary N) is 1. The summed E-state index contributed by atoms with van der Waals surface area (Å²) in [6.07, 6.45) is 3.83. The molecule has 1 atom stereocenters. The Bertz CT molecular complexity index is 698. The van der Waals surface area contributed by atoms with Crippen LogP contribution in [0.5, 0.6) is 0 Å². The van der Waals surface area contributed by atoms with Gasteiger partial charge in [-0.15, -0.1) is 0 Å². The summed E-state index contributed by atoms with van der Waals surface area (Å²) in [6.45, 7) is 4.16. The van der Waals surface area contributed by atoms with Crippen molar-refractivity contribution in [1.82, 2.24) is 24.6 Å². The Balaban J connectivity index is 1.50. The van der Waals surface area contributed by atoms with Gasteiger partial charge in [-0.05, 0) is 26.4 Å². The molecule has 1 N–H and O–H groups in total. The monoisotopic (exact) mass is 384 g/mol. The van der Waals surface area contributed by atoms with Crippen molar-refractivity contribution >= 4 is 16.0 Å². The predicted molar refractivity (Wildman–Crippen MR) is 99.3 cm³/mol. The van der Waals surface area contributed by atoms with E-state index in [0.29, 0.717) is 37.9 Å². The number of likely N-dealkylation sites (tertiary alicyclic amines) is 1. The number of sulfonamides is 1. The van der Waals surface area contributed by atoms with Gasteiger partial charge in [0.1, 0.15) is 12.0 Å². The molecule has 0 amide bonds. The van der Waals surface area contributed by atoms with Crippen molar-refractivity contribution in [3.05, 3.63) is 18.0 Å². The molecule has 1 aromatic rings. The number of aromatic nitrogens is 1. The number of rotatable bonds is 5. The van der Waals surface area contributed by atoms with Crippen LogP contribution in [-0.4, -0.2) is 93.0 Å². The molecule has 0 spiro atoms. The van der Waals surface area contributed by atoms with Crippen LogP contribution >= 0.6 is 0 Å². The van der Waals surface area contributed by atoms with Crippen molar-refractivity contribution in [3.63, 3.8) is 0 Å². The van der Waals surface area contributed by atoms with E-state index in [2.05, 4.69) is 32.3 Å². The summed E-state index contributed by atoms with van der Waals surface area (Å²) in [7, 11) is 0.548. The second-order valence-electron chi connectivity index (χ2n) is 6.84. The van der Waals surface area contributed by atoms with Crippen LogP contribution in [-0.2, 0) is 15.8 Å². The second-order valence-corrected chi connectivity index (χ2v) is 8.81. The Hall–Kier alpha value is -1.65. The van der Waals surface area contributed by atoms with Gasteiger partial charge in [0, 0.05) is 51.9 Å². The van der Waals surface area contributed by atoms with E-state index in [1.165, 1.54) is 23.4 Å².